The molecule has 0 bridgehead atoms. The van der Waals surface area contributed by atoms with Crippen molar-refractivity contribution in [1.82, 2.24) is 4.31 Å². The molecular formula is C4H6N2O3S. The standard InChI is InChI=1S/C4H6N2O3S/c1-6-3-4(7)2-5-10(6,8)9/h2-3,7H,1H3. The Morgan fingerprint density at radius 3 is 2.70 bits per heavy atom. The zero-order valence-corrected chi connectivity index (χ0v) is 6.04. The van der Waals surface area contributed by atoms with Crippen molar-refractivity contribution in [3.8, 4) is 0 Å². The van der Waals surface area contributed by atoms with E-state index in [4.69, 9.17) is 5.11 Å². The van der Waals surface area contributed by atoms with Gasteiger partial charge in [0.25, 0.3) is 0 Å². The first kappa shape index (κ1) is 7.07. The second-order valence-corrected chi connectivity index (χ2v) is 3.46. The monoisotopic (exact) mass is 162 g/mol. The average Bonchev–Trinajstić information content (AvgIpc) is 1.81. The largest absolute Gasteiger partial charge is 0.505 e. The summed E-state index contributed by atoms with van der Waals surface area (Å²) < 4.78 is 25.3. The van der Waals surface area contributed by atoms with E-state index in [1.807, 2.05) is 0 Å². The van der Waals surface area contributed by atoms with Crippen LogP contribution in [0.2, 0.25) is 0 Å². The molecule has 1 aliphatic rings. The molecule has 1 rings (SSSR count). The van der Waals surface area contributed by atoms with Crippen LogP contribution in [0.3, 0.4) is 0 Å². The van der Waals surface area contributed by atoms with Gasteiger partial charge in [0.1, 0.15) is 0 Å². The molecule has 0 saturated heterocycles. The fourth-order valence-electron chi connectivity index (χ4n) is 0.481. The number of aliphatic hydroxyl groups is 1. The van der Waals surface area contributed by atoms with E-state index >= 15 is 0 Å². The Bertz CT molecular complexity index is 290. The predicted molar refractivity (Wildman–Crippen MR) is 35.9 cm³/mol. The van der Waals surface area contributed by atoms with Crippen LogP contribution in [0.1, 0.15) is 0 Å². The maximum Gasteiger partial charge on any atom is 0.344 e. The summed E-state index contributed by atoms with van der Waals surface area (Å²) in [6.45, 7) is 0. The summed E-state index contributed by atoms with van der Waals surface area (Å²) in [6.07, 6.45) is 1.96. The Hall–Kier alpha value is -1.04. The van der Waals surface area contributed by atoms with Crippen LogP contribution in [0.25, 0.3) is 0 Å². The van der Waals surface area contributed by atoms with Crippen LogP contribution in [-0.2, 0) is 10.2 Å². The van der Waals surface area contributed by atoms with Crippen LogP contribution in [0.4, 0.5) is 0 Å². The third-order valence-corrected chi connectivity index (χ3v) is 2.20. The minimum absolute atomic E-state index is 0.169. The summed E-state index contributed by atoms with van der Waals surface area (Å²) in [5.74, 6) is -0.169. The van der Waals surface area contributed by atoms with Crippen LogP contribution in [0.5, 0.6) is 0 Å². The van der Waals surface area contributed by atoms with E-state index in [1.54, 1.807) is 0 Å². The van der Waals surface area contributed by atoms with E-state index in [0.29, 0.717) is 0 Å². The highest BCUT2D eigenvalue weighted by atomic mass is 32.2. The van der Waals surface area contributed by atoms with Crippen molar-refractivity contribution in [2.45, 2.75) is 0 Å². The molecular weight excluding hydrogens is 156 g/mol. The highest BCUT2D eigenvalue weighted by Crippen LogP contribution is 2.06. The topological polar surface area (TPSA) is 70.0 Å². The molecule has 0 radical (unpaired) electrons. The van der Waals surface area contributed by atoms with Crippen molar-refractivity contribution in [3.63, 3.8) is 0 Å². The van der Waals surface area contributed by atoms with Crippen molar-refractivity contribution in [3.05, 3.63) is 12.0 Å². The van der Waals surface area contributed by atoms with Gasteiger partial charge in [0.2, 0.25) is 0 Å². The number of aliphatic hydroxyl groups excluding tert-OH is 1. The molecule has 0 fully saturated rings. The van der Waals surface area contributed by atoms with E-state index in [1.165, 1.54) is 7.05 Å². The van der Waals surface area contributed by atoms with Gasteiger partial charge >= 0.3 is 10.2 Å². The Morgan fingerprint density at radius 1 is 1.70 bits per heavy atom. The van der Waals surface area contributed by atoms with Gasteiger partial charge < -0.3 is 5.11 Å². The molecule has 6 heteroatoms. The van der Waals surface area contributed by atoms with E-state index < -0.39 is 10.2 Å². The lowest BCUT2D eigenvalue weighted by molar-refractivity contribution is 0.427. The summed E-state index contributed by atoms with van der Waals surface area (Å²) in [7, 11) is -2.23. The lowest BCUT2D eigenvalue weighted by Crippen LogP contribution is -2.22. The van der Waals surface area contributed by atoms with E-state index in [-0.39, 0.29) is 5.76 Å². The SMILES string of the molecule is CN1C=C(O)C=NS1(=O)=O. The molecule has 0 aromatic carbocycles. The molecule has 1 aliphatic heterocycles. The van der Waals surface area contributed by atoms with Crippen molar-refractivity contribution >= 4 is 16.4 Å². The summed E-state index contributed by atoms with van der Waals surface area (Å²) >= 11 is 0. The van der Waals surface area contributed by atoms with Gasteiger partial charge in [-0.1, -0.05) is 0 Å². The zero-order valence-electron chi connectivity index (χ0n) is 5.22. The van der Waals surface area contributed by atoms with Gasteiger partial charge in [-0.3, -0.25) is 4.31 Å². The van der Waals surface area contributed by atoms with Gasteiger partial charge in [-0.2, -0.15) is 8.42 Å². The molecule has 1 heterocycles. The molecule has 0 amide bonds. The Morgan fingerprint density at radius 2 is 2.30 bits per heavy atom. The molecule has 10 heavy (non-hydrogen) atoms. The van der Waals surface area contributed by atoms with Crippen LogP contribution in [-0.4, -0.2) is 31.1 Å². The molecule has 0 unspecified atom stereocenters. The maximum absolute atomic E-state index is 10.7. The molecule has 1 N–H and O–H groups in total. The van der Waals surface area contributed by atoms with Gasteiger partial charge in [0.15, 0.2) is 5.76 Å². The highest BCUT2D eigenvalue weighted by Gasteiger charge is 2.16. The fraction of sp³-hybridized carbons (Fsp3) is 0.250. The first-order valence-electron chi connectivity index (χ1n) is 2.46. The average molecular weight is 162 g/mol. The number of hydrogen-bond acceptors (Lipinski definition) is 3. The summed E-state index contributed by atoms with van der Waals surface area (Å²) in [6, 6.07) is 0. The lowest BCUT2D eigenvalue weighted by Gasteiger charge is -2.13. The van der Waals surface area contributed by atoms with Crippen LogP contribution in [0, 0.1) is 0 Å². The molecule has 56 valence electrons. The normalized spacial score (nSPS) is 22.5. The molecule has 0 spiro atoms. The molecule has 0 saturated carbocycles. The second-order valence-electron chi connectivity index (χ2n) is 1.78. The third kappa shape index (κ3) is 1.10. The van der Waals surface area contributed by atoms with Crippen molar-refractivity contribution in [1.29, 1.82) is 0 Å². The number of nitrogens with zero attached hydrogens (tertiary/aromatic N) is 2. The zero-order chi connectivity index (χ0) is 7.78. The third-order valence-electron chi connectivity index (χ3n) is 0.996. The number of allylic oxidation sites excluding steroid dienone is 1. The second kappa shape index (κ2) is 1.98. The highest BCUT2D eigenvalue weighted by molar-refractivity contribution is 7.88. The lowest BCUT2D eigenvalue weighted by atomic mass is 10.6. The van der Waals surface area contributed by atoms with Crippen LogP contribution >= 0.6 is 0 Å². The van der Waals surface area contributed by atoms with Crippen LogP contribution < -0.4 is 0 Å². The minimum Gasteiger partial charge on any atom is -0.505 e. The number of hydrogen-bond donors (Lipinski definition) is 1. The molecule has 5 nitrogen and oxygen atoms in total. The minimum atomic E-state index is -3.53. The predicted octanol–water partition coefficient (Wildman–Crippen LogP) is -0.353. The summed E-state index contributed by atoms with van der Waals surface area (Å²) in [5, 5.41) is 8.72. The van der Waals surface area contributed by atoms with E-state index in [2.05, 4.69) is 4.40 Å². The van der Waals surface area contributed by atoms with Gasteiger partial charge in [0.05, 0.1) is 12.4 Å². The van der Waals surface area contributed by atoms with Gasteiger partial charge in [-0.05, 0) is 0 Å². The summed E-state index contributed by atoms with van der Waals surface area (Å²) in [5.41, 5.74) is 0. The van der Waals surface area contributed by atoms with E-state index in [0.717, 1.165) is 16.7 Å². The van der Waals surface area contributed by atoms with Gasteiger partial charge in [0, 0.05) is 7.05 Å². The van der Waals surface area contributed by atoms with Crippen LogP contribution in [0.15, 0.2) is 16.4 Å². The van der Waals surface area contributed by atoms with Crippen molar-refractivity contribution in [2.75, 3.05) is 7.05 Å². The van der Waals surface area contributed by atoms with Crippen molar-refractivity contribution in [2.24, 2.45) is 4.40 Å². The number of rotatable bonds is 0. The van der Waals surface area contributed by atoms with Gasteiger partial charge in [-0.25, -0.2) is 0 Å². The fourth-order valence-corrected chi connectivity index (χ4v) is 1.11. The Balaban J connectivity index is 3.08. The quantitative estimate of drug-likeness (QED) is 0.529. The van der Waals surface area contributed by atoms with Gasteiger partial charge in [-0.15, -0.1) is 4.40 Å². The van der Waals surface area contributed by atoms with E-state index in [9.17, 15) is 8.42 Å². The Kier molecular flexibility index (Phi) is 1.40. The molecule has 0 aromatic heterocycles. The van der Waals surface area contributed by atoms with Crippen molar-refractivity contribution < 1.29 is 13.5 Å². The summed E-state index contributed by atoms with van der Waals surface area (Å²) in [4.78, 5) is 0. The first-order valence-corrected chi connectivity index (χ1v) is 3.86. The first-order chi connectivity index (χ1) is 4.52. The smallest absolute Gasteiger partial charge is 0.344 e. The Labute approximate surface area is 58.5 Å². The maximum atomic E-state index is 10.7. The molecule has 0 aromatic rings. The molecule has 0 aliphatic carbocycles. The molecule has 0 atom stereocenters.